The summed E-state index contributed by atoms with van der Waals surface area (Å²) in [5.74, 6) is 0. The Hall–Kier alpha value is -1.72. The van der Waals surface area contributed by atoms with Gasteiger partial charge in [0.15, 0.2) is 0 Å². The molecule has 88 valence electrons. The number of benzene rings is 2. The fraction of sp³-hybridized carbons (Fsp3) is 0.0769. The highest BCUT2D eigenvalue weighted by atomic mass is 17.5. The SMILES string of the molecule is NC(OOO)(c1ccccc1)c1ccccc1. The molecular formula is C13H13NO3. The smallest absolute Gasteiger partial charge is 0.206 e. The van der Waals surface area contributed by atoms with E-state index in [1.807, 2.05) is 36.4 Å². The highest BCUT2D eigenvalue weighted by molar-refractivity contribution is 5.34. The standard InChI is InChI=1S/C13H13NO3/c14-13(16-17-15,11-7-3-1-4-8-11)12-9-5-2-6-10-12/h1-10,15H,14H2. The molecule has 0 aliphatic heterocycles. The van der Waals surface area contributed by atoms with Crippen molar-refractivity contribution in [1.29, 1.82) is 0 Å². The van der Waals surface area contributed by atoms with Gasteiger partial charge in [-0.2, -0.15) is 4.89 Å². The van der Waals surface area contributed by atoms with Crippen molar-refractivity contribution in [2.24, 2.45) is 5.73 Å². The van der Waals surface area contributed by atoms with Crippen LogP contribution in [-0.2, 0) is 15.7 Å². The zero-order valence-corrected chi connectivity index (χ0v) is 9.11. The third kappa shape index (κ3) is 2.35. The molecule has 3 N–H and O–H groups in total. The minimum Gasteiger partial charge on any atom is -0.293 e. The van der Waals surface area contributed by atoms with Crippen molar-refractivity contribution in [3.05, 3.63) is 71.8 Å². The molecule has 0 aliphatic rings. The van der Waals surface area contributed by atoms with E-state index in [2.05, 4.69) is 5.04 Å². The molecule has 0 fully saturated rings. The maximum Gasteiger partial charge on any atom is 0.206 e. The van der Waals surface area contributed by atoms with Crippen molar-refractivity contribution in [3.63, 3.8) is 0 Å². The highest BCUT2D eigenvalue weighted by Gasteiger charge is 2.32. The molecule has 2 aromatic rings. The van der Waals surface area contributed by atoms with Crippen LogP contribution < -0.4 is 5.73 Å². The van der Waals surface area contributed by atoms with Crippen LogP contribution >= 0.6 is 0 Å². The molecule has 0 bridgehead atoms. The second-order valence-electron chi connectivity index (χ2n) is 3.63. The molecule has 0 saturated carbocycles. The largest absolute Gasteiger partial charge is 0.293 e. The lowest BCUT2D eigenvalue weighted by Crippen LogP contribution is -2.40. The van der Waals surface area contributed by atoms with Gasteiger partial charge >= 0.3 is 0 Å². The molecule has 0 unspecified atom stereocenters. The number of rotatable bonds is 4. The lowest BCUT2D eigenvalue weighted by atomic mass is 9.95. The van der Waals surface area contributed by atoms with Crippen molar-refractivity contribution in [2.75, 3.05) is 0 Å². The quantitative estimate of drug-likeness (QED) is 0.481. The molecule has 0 atom stereocenters. The third-order valence-electron chi connectivity index (χ3n) is 2.57. The van der Waals surface area contributed by atoms with Crippen LogP contribution in [0.4, 0.5) is 0 Å². The summed E-state index contributed by atoms with van der Waals surface area (Å²) in [6.45, 7) is 0. The second kappa shape index (κ2) is 5.07. The topological polar surface area (TPSA) is 64.7 Å². The van der Waals surface area contributed by atoms with Crippen LogP contribution in [0.25, 0.3) is 0 Å². The molecule has 0 heterocycles. The van der Waals surface area contributed by atoms with E-state index in [0.29, 0.717) is 11.1 Å². The molecule has 0 saturated heterocycles. The van der Waals surface area contributed by atoms with E-state index in [4.69, 9.17) is 15.9 Å². The lowest BCUT2D eigenvalue weighted by molar-refractivity contribution is -0.523. The van der Waals surface area contributed by atoms with Gasteiger partial charge in [0.1, 0.15) is 0 Å². The average molecular weight is 231 g/mol. The van der Waals surface area contributed by atoms with Gasteiger partial charge in [0, 0.05) is 11.1 Å². The van der Waals surface area contributed by atoms with Gasteiger partial charge in [-0.1, -0.05) is 65.7 Å². The first kappa shape index (κ1) is 11.8. The van der Waals surface area contributed by atoms with E-state index < -0.39 is 5.72 Å². The van der Waals surface area contributed by atoms with Crippen molar-refractivity contribution in [2.45, 2.75) is 5.72 Å². The Bertz CT molecular complexity index is 419. The van der Waals surface area contributed by atoms with Crippen molar-refractivity contribution < 1.29 is 15.2 Å². The Morgan fingerprint density at radius 3 is 1.59 bits per heavy atom. The maximum absolute atomic E-state index is 8.52. The number of nitrogens with two attached hydrogens (primary N) is 1. The predicted octanol–water partition coefficient (Wildman–Crippen LogP) is 2.27. The highest BCUT2D eigenvalue weighted by Crippen LogP contribution is 2.27. The van der Waals surface area contributed by atoms with Crippen LogP contribution in [0.15, 0.2) is 60.7 Å². The molecule has 0 aliphatic carbocycles. The van der Waals surface area contributed by atoms with Crippen LogP contribution in [0.3, 0.4) is 0 Å². The van der Waals surface area contributed by atoms with Gasteiger partial charge in [-0.05, 0) is 0 Å². The Kier molecular flexibility index (Phi) is 3.51. The van der Waals surface area contributed by atoms with Crippen LogP contribution in [0, 0.1) is 0 Å². The summed E-state index contributed by atoms with van der Waals surface area (Å²) >= 11 is 0. The van der Waals surface area contributed by atoms with Gasteiger partial charge in [-0.3, -0.25) is 5.73 Å². The first-order valence-electron chi connectivity index (χ1n) is 5.16. The first-order chi connectivity index (χ1) is 8.27. The molecule has 4 nitrogen and oxygen atoms in total. The Morgan fingerprint density at radius 2 is 1.24 bits per heavy atom. The zero-order chi connectivity index (χ0) is 12.1. The summed E-state index contributed by atoms with van der Waals surface area (Å²) in [4.78, 5) is 4.83. The summed E-state index contributed by atoms with van der Waals surface area (Å²) < 4.78 is 0. The molecular weight excluding hydrogens is 218 g/mol. The summed E-state index contributed by atoms with van der Waals surface area (Å²) in [5, 5.41) is 12.3. The molecule has 4 heteroatoms. The number of hydrogen-bond donors (Lipinski definition) is 2. The predicted molar refractivity (Wildman–Crippen MR) is 62.7 cm³/mol. The molecule has 0 amide bonds. The van der Waals surface area contributed by atoms with E-state index in [-0.39, 0.29) is 0 Å². The van der Waals surface area contributed by atoms with Crippen molar-refractivity contribution >= 4 is 0 Å². The van der Waals surface area contributed by atoms with Gasteiger partial charge in [0.2, 0.25) is 5.72 Å². The molecule has 2 rings (SSSR count). The lowest BCUT2D eigenvalue weighted by Gasteiger charge is -2.27. The zero-order valence-electron chi connectivity index (χ0n) is 9.11. The Balaban J connectivity index is 2.47. The minimum absolute atomic E-state index is 0.681. The Labute approximate surface area is 99.1 Å². The van der Waals surface area contributed by atoms with Gasteiger partial charge in [0.05, 0.1) is 0 Å². The van der Waals surface area contributed by atoms with Crippen LogP contribution in [0.1, 0.15) is 11.1 Å². The fourth-order valence-corrected chi connectivity index (χ4v) is 1.69. The molecule has 17 heavy (non-hydrogen) atoms. The van der Waals surface area contributed by atoms with E-state index >= 15 is 0 Å². The van der Waals surface area contributed by atoms with E-state index in [1.54, 1.807) is 24.3 Å². The normalized spacial score (nSPS) is 11.4. The Morgan fingerprint density at radius 1 is 0.824 bits per heavy atom. The summed E-state index contributed by atoms with van der Waals surface area (Å²) in [7, 11) is 0. The average Bonchev–Trinajstić information content (AvgIpc) is 2.41. The minimum atomic E-state index is -1.34. The van der Waals surface area contributed by atoms with Gasteiger partial charge < -0.3 is 0 Å². The van der Waals surface area contributed by atoms with Crippen LogP contribution in [0.5, 0.6) is 0 Å². The first-order valence-corrected chi connectivity index (χ1v) is 5.16. The molecule has 0 radical (unpaired) electrons. The molecule has 0 spiro atoms. The fourth-order valence-electron chi connectivity index (χ4n) is 1.69. The van der Waals surface area contributed by atoms with Crippen molar-refractivity contribution in [3.8, 4) is 0 Å². The van der Waals surface area contributed by atoms with E-state index in [0.717, 1.165) is 0 Å². The second-order valence-corrected chi connectivity index (χ2v) is 3.63. The van der Waals surface area contributed by atoms with Gasteiger partial charge in [-0.15, -0.1) is 0 Å². The van der Waals surface area contributed by atoms with Gasteiger partial charge in [-0.25, -0.2) is 5.26 Å². The third-order valence-corrected chi connectivity index (χ3v) is 2.57. The summed E-state index contributed by atoms with van der Waals surface area (Å²) in [6.07, 6.45) is 0. The van der Waals surface area contributed by atoms with Crippen LogP contribution in [0.2, 0.25) is 0 Å². The van der Waals surface area contributed by atoms with Crippen molar-refractivity contribution in [1.82, 2.24) is 0 Å². The number of hydrogen-bond acceptors (Lipinski definition) is 4. The summed E-state index contributed by atoms with van der Waals surface area (Å²) in [5.41, 5.74) is 6.17. The molecule has 2 aromatic carbocycles. The molecule has 0 aromatic heterocycles. The summed E-state index contributed by atoms with van der Waals surface area (Å²) in [6, 6.07) is 18.3. The monoisotopic (exact) mass is 231 g/mol. The van der Waals surface area contributed by atoms with Crippen LogP contribution in [-0.4, -0.2) is 5.26 Å². The van der Waals surface area contributed by atoms with E-state index in [1.165, 1.54) is 0 Å². The van der Waals surface area contributed by atoms with Gasteiger partial charge in [0.25, 0.3) is 0 Å². The maximum atomic E-state index is 8.52. The van der Waals surface area contributed by atoms with E-state index in [9.17, 15) is 0 Å².